The molecular weight excluding hydrogens is 282 g/mol. The molecule has 0 unspecified atom stereocenters. The van der Waals surface area contributed by atoms with E-state index < -0.39 is 10.8 Å². The van der Waals surface area contributed by atoms with Gasteiger partial charge in [0.15, 0.2) is 0 Å². The van der Waals surface area contributed by atoms with Crippen LogP contribution in [0.5, 0.6) is 0 Å². The summed E-state index contributed by atoms with van der Waals surface area (Å²) in [6, 6.07) is 4.19. The van der Waals surface area contributed by atoms with E-state index in [1.54, 1.807) is 0 Å². The Bertz CT molecular complexity index is 490. The average molecular weight is 300 g/mol. The van der Waals surface area contributed by atoms with Crippen LogP contribution in [0, 0.1) is 10.1 Å². The van der Waals surface area contributed by atoms with Gasteiger partial charge in [0.25, 0.3) is 11.6 Å². The maximum atomic E-state index is 12.0. The van der Waals surface area contributed by atoms with E-state index in [0.717, 1.165) is 19.6 Å². The fourth-order valence-electron chi connectivity index (χ4n) is 1.80. The van der Waals surface area contributed by atoms with Crippen LogP contribution in [-0.4, -0.2) is 41.9 Å². The van der Waals surface area contributed by atoms with Crippen LogP contribution in [0.4, 0.5) is 5.69 Å². The second-order valence-electron chi connectivity index (χ2n) is 4.18. The number of carbonyl (C=O) groups excluding carboxylic acids is 1. The van der Waals surface area contributed by atoms with Crippen molar-refractivity contribution in [3.8, 4) is 0 Å². The molecule has 0 saturated carbocycles. The Kier molecular flexibility index (Phi) is 6.41. The molecule has 0 fully saturated rings. The number of halogens is 1. The van der Waals surface area contributed by atoms with E-state index in [0.29, 0.717) is 6.54 Å². The lowest BCUT2D eigenvalue weighted by atomic mass is 10.2. The third-order valence-corrected chi connectivity index (χ3v) is 3.42. The Hall–Kier alpha value is -1.66. The van der Waals surface area contributed by atoms with Gasteiger partial charge in [0.2, 0.25) is 0 Å². The predicted molar refractivity (Wildman–Crippen MR) is 78.2 cm³/mol. The largest absolute Gasteiger partial charge is 0.351 e. The summed E-state index contributed by atoms with van der Waals surface area (Å²) in [5, 5.41) is 13.4. The number of hydrogen-bond acceptors (Lipinski definition) is 4. The summed E-state index contributed by atoms with van der Waals surface area (Å²) in [4.78, 5) is 24.3. The van der Waals surface area contributed by atoms with Crippen molar-refractivity contribution in [1.29, 1.82) is 0 Å². The van der Waals surface area contributed by atoms with Crippen molar-refractivity contribution < 1.29 is 9.72 Å². The van der Waals surface area contributed by atoms with E-state index in [4.69, 9.17) is 11.6 Å². The lowest BCUT2D eigenvalue weighted by Crippen LogP contribution is -2.34. The number of carbonyl (C=O) groups is 1. The van der Waals surface area contributed by atoms with Gasteiger partial charge >= 0.3 is 0 Å². The fourth-order valence-corrected chi connectivity index (χ4v) is 2.08. The van der Waals surface area contributed by atoms with Crippen molar-refractivity contribution in [2.24, 2.45) is 0 Å². The standard InChI is InChI=1S/C13H18ClN3O3/c1-3-16(4-2)9-8-15-13(18)10-6-5-7-11(12(10)14)17(19)20/h5-7H,3-4,8-9H2,1-2H3,(H,15,18). The van der Waals surface area contributed by atoms with E-state index in [2.05, 4.69) is 10.2 Å². The van der Waals surface area contributed by atoms with Gasteiger partial charge in [-0.3, -0.25) is 14.9 Å². The molecule has 0 bridgehead atoms. The summed E-state index contributed by atoms with van der Waals surface area (Å²) in [6.07, 6.45) is 0. The quantitative estimate of drug-likeness (QED) is 0.619. The summed E-state index contributed by atoms with van der Waals surface area (Å²) in [7, 11) is 0. The van der Waals surface area contributed by atoms with E-state index in [1.807, 2.05) is 13.8 Å². The predicted octanol–water partition coefficient (Wildman–Crippen LogP) is 2.32. The van der Waals surface area contributed by atoms with Crippen LogP contribution in [0.25, 0.3) is 0 Å². The van der Waals surface area contributed by atoms with Crippen molar-refractivity contribution in [1.82, 2.24) is 10.2 Å². The molecule has 6 nitrogen and oxygen atoms in total. The molecule has 1 amide bonds. The highest BCUT2D eigenvalue weighted by molar-refractivity contribution is 6.35. The molecule has 110 valence electrons. The molecule has 0 aliphatic heterocycles. The van der Waals surface area contributed by atoms with Crippen molar-refractivity contribution in [2.75, 3.05) is 26.2 Å². The van der Waals surface area contributed by atoms with Gasteiger partial charge in [-0.25, -0.2) is 0 Å². The lowest BCUT2D eigenvalue weighted by Gasteiger charge is -2.18. The molecule has 0 saturated heterocycles. The molecule has 0 radical (unpaired) electrons. The fraction of sp³-hybridized carbons (Fsp3) is 0.462. The van der Waals surface area contributed by atoms with Gasteiger partial charge < -0.3 is 10.2 Å². The van der Waals surface area contributed by atoms with Crippen LogP contribution >= 0.6 is 11.6 Å². The summed E-state index contributed by atoms with van der Waals surface area (Å²) in [5.74, 6) is -0.397. The van der Waals surface area contributed by atoms with Crippen molar-refractivity contribution in [2.45, 2.75) is 13.8 Å². The topological polar surface area (TPSA) is 75.5 Å². The molecule has 0 aromatic heterocycles. The number of rotatable bonds is 7. The van der Waals surface area contributed by atoms with Gasteiger partial charge in [-0.2, -0.15) is 0 Å². The zero-order valence-electron chi connectivity index (χ0n) is 11.6. The summed E-state index contributed by atoms with van der Waals surface area (Å²) in [6.45, 7) is 7.10. The monoisotopic (exact) mass is 299 g/mol. The smallest absolute Gasteiger partial charge is 0.288 e. The Morgan fingerprint density at radius 2 is 2.05 bits per heavy atom. The van der Waals surface area contributed by atoms with Crippen molar-refractivity contribution in [3.63, 3.8) is 0 Å². The van der Waals surface area contributed by atoms with Gasteiger partial charge in [-0.15, -0.1) is 0 Å². The van der Waals surface area contributed by atoms with E-state index in [-0.39, 0.29) is 16.3 Å². The Balaban J connectivity index is 2.69. The zero-order valence-corrected chi connectivity index (χ0v) is 12.3. The molecular formula is C13H18ClN3O3. The first kappa shape index (κ1) is 16.4. The molecule has 1 aromatic carbocycles. The molecule has 0 spiro atoms. The van der Waals surface area contributed by atoms with Crippen LogP contribution in [0.1, 0.15) is 24.2 Å². The van der Waals surface area contributed by atoms with Crippen LogP contribution < -0.4 is 5.32 Å². The maximum absolute atomic E-state index is 12.0. The number of nitrogens with one attached hydrogen (secondary N) is 1. The van der Waals surface area contributed by atoms with Crippen LogP contribution in [0.2, 0.25) is 5.02 Å². The van der Waals surface area contributed by atoms with Crippen LogP contribution in [0.15, 0.2) is 18.2 Å². The molecule has 20 heavy (non-hydrogen) atoms. The maximum Gasteiger partial charge on any atom is 0.288 e. The van der Waals surface area contributed by atoms with E-state index in [9.17, 15) is 14.9 Å². The molecule has 7 heteroatoms. The first-order chi connectivity index (χ1) is 9.51. The highest BCUT2D eigenvalue weighted by Crippen LogP contribution is 2.27. The number of hydrogen-bond donors (Lipinski definition) is 1. The lowest BCUT2D eigenvalue weighted by molar-refractivity contribution is -0.384. The van der Waals surface area contributed by atoms with Crippen LogP contribution in [0.3, 0.4) is 0 Å². The minimum atomic E-state index is -0.602. The number of likely N-dealkylation sites (N-methyl/N-ethyl adjacent to an activating group) is 1. The number of nitro benzene ring substituents is 1. The van der Waals surface area contributed by atoms with Gasteiger partial charge in [-0.1, -0.05) is 31.5 Å². The van der Waals surface area contributed by atoms with Crippen molar-refractivity contribution in [3.05, 3.63) is 38.9 Å². The second kappa shape index (κ2) is 7.81. The van der Waals surface area contributed by atoms with Gasteiger partial charge in [0.05, 0.1) is 10.5 Å². The highest BCUT2D eigenvalue weighted by atomic mass is 35.5. The molecule has 0 heterocycles. The molecule has 1 rings (SSSR count). The van der Waals surface area contributed by atoms with Crippen LogP contribution in [-0.2, 0) is 0 Å². The molecule has 0 aliphatic rings. The summed E-state index contributed by atoms with van der Waals surface area (Å²) < 4.78 is 0. The van der Waals surface area contributed by atoms with E-state index in [1.165, 1.54) is 18.2 Å². The third-order valence-electron chi connectivity index (χ3n) is 3.03. The Morgan fingerprint density at radius 3 is 2.60 bits per heavy atom. The number of benzene rings is 1. The SMILES string of the molecule is CCN(CC)CCNC(=O)c1cccc([N+](=O)[O-])c1Cl. The second-order valence-corrected chi connectivity index (χ2v) is 4.56. The number of nitro groups is 1. The molecule has 0 atom stereocenters. The number of nitrogens with zero attached hydrogens (tertiary/aromatic N) is 2. The molecule has 1 N–H and O–H groups in total. The summed E-state index contributed by atoms with van der Waals surface area (Å²) >= 11 is 5.88. The Morgan fingerprint density at radius 1 is 1.40 bits per heavy atom. The molecule has 1 aromatic rings. The minimum absolute atomic E-state index is 0.125. The van der Waals surface area contributed by atoms with Gasteiger partial charge in [0, 0.05) is 19.2 Å². The zero-order chi connectivity index (χ0) is 15.1. The minimum Gasteiger partial charge on any atom is -0.351 e. The van der Waals surface area contributed by atoms with Gasteiger partial charge in [0.1, 0.15) is 5.02 Å². The highest BCUT2D eigenvalue weighted by Gasteiger charge is 2.19. The van der Waals surface area contributed by atoms with Gasteiger partial charge in [-0.05, 0) is 19.2 Å². The first-order valence-electron chi connectivity index (χ1n) is 6.44. The first-order valence-corrected chi connectivity index (χ1v) is 6.82. The summed E-state index contributed by atoms with van der Waals surface area (Å²) in [5.41, 5.74) is -0.136. The Labute approximate surface area is 122 Å². The molecule has 0 aliphatic carbocycles. The van der Waals surface area contributed by atoms with Crippen molar-refractivity contribution >= 4 is 23.2 Å². The normalized spacial score (nSPS) is 10.6. The third kappa shape index (κ3) is 4.18. The average Bonchev–Trinajstić information content (AvgIpc) is 2.43. The van der Waals surface area contributed by atoms with E-state index >= 15 is 0 Å². The number of amides is 1.